The molecule has 1 aromatic heterocycles. The van der Waals surface area contributed by atoms with Crippen LogP contribution in [0.5, 0.6) is 0 Å². The highest BCUT2D eigenvalue weighted by Gasteiger charge is 2.20. The molecular formula is C12H18N2O2S. The van der Waals surface area contributed by atoms with Crippen LogP contribution in [0, 0.1) is 6.92 Å². The minimum Gasteiger partial charge on any atom is -0.366 e. The molecule has 1 aliphatic rings. The van der Waals surface area contributed by atoms with Gasteiger partial charge in [0.15, 0.2) is 0 Å². The van der Waals surface area contributed by atoms with Gasteiger partial charge in [0.05, 0.1) is 6.61 Å². The second kappa shape index (κ2) is 6.14. The van der Waals surface area contributed by atoms with Gasteiger partial charge in [-0.15, -0.1) is 11.3 Å². The van der Waals surface area contributed by atoms with Gasteiger partial charge in [0.1, 0.15) is 6.10 Å². The fourth-order valence-electron chi connectivity index (χ4n) is 1.81. The number of nitrogens with one attached hydrogen (secondary N) is 2. The lowest BCUT2D eigenvalue weighted by atomic mass is 10.2. The van der Waals surface area contributed by atoms with Crippen LogP contribution in [0.25, 0.3) is 0 Å². The van der Waals surface area contributed by atoms with Gasteiger partial charge in [-0.25, -0.2) is 0 Å². The number of aryl methyl sites for hydroxylation is 1. The smallest absolute Gasteiger partial charge is 0.250 e. The zero-order valence-electron chi connectivity index (χ0n) is 9.99. The molecule has 2 N–H and O–H groups in total. The number of thiophene rings is 1. The molecule has 4 nitrogen and oxygen atoms in total. The van der Waals surface area contributed by atoms with E-state index in [0.717, 1.165) is 13.0 Å². The molecule has 94 valence electrons. The summed E-state index contributed by atoms with van der Waals surface area (Å²) < 4.78 is 5.38. The number of hydrogen-bond donors (Lipinski definition) is 2. The fraction of sp³-hybridized carbons (Fsp3) is 0.583. The van der Waals surface area contributed by atoms with Crippen molar-refractivity contribution in [2.75, 3.05) is 26.2 Å². The van der Waals surface area contributed by atoms with E-state index in [4.69, 9.17) is 4.74 Å². The van der Waals surface area contributed by atoms with Crippen LogP contribution in [0.3, 0.4) is 0 Å². The molecule has 0 unspecified atom stereocenters. The average Bonchev–Trinajstić information content (AvgIpc) is 2.76. The zero-order chi connectivity index (χ0) is 12.1. The summed E-state index contributed by atoms with van der Waals surface area (Å²) in [6, 6.07) is 2.11. The van der Waals surface area contributed by atoms with E-state index in [-0.39, 0.29) is 12.0 Å². The Morgan fingerprint density at radius 1 is 1.71 bits per heavy atom. The SMILES string of the molecule is Cc1ccsc1CCNC(=O)[C@H]1CNCCO1. The van der Waals surface area contributed by atoms with Crippen molar-refractivity contribution >= 4 is 17.2 Å². The normalized spacial score (nSPS) is 20.2. The molecule has 0 radical (unpaired) electrons. The molecule has 0 aromatic carbocycles. The third-order valence-electron chi connectivity index (χ3n) is 2.84. The van der Waals surface area contributed by atoms with E-state index >= 15 is 0 Å². The van der Waals surface area contributed by atoms with E-state index in [2.05, 4.69) is 29.0 Å². The van der Waals surface area contributed by atoms with Crippen molar-refractivity contribution < 1.29 is 9.53 Å². The third kappa shape index (κ3) is 3.52. The maximum Gasteiger partial charge on any atom is 0.250 e. The Morgan fingerprint density at radius 3 is 3.24 bits per heavy atom. The molecule has 1 aliphatic heterocycles. The number of rotatable bonds is 4. The fourth-order valence-corrected chi connectivity index (χ4v) is 2.72. The van der Waals surface area contributed by atoms with E-state index in [0.29, 0.717) is 19.7 Å². The van der Waals surface area contributed by atoms with Gasteiger partial charge in [0.25, 0.3) is 0 Å². The van der Waals surface area contributed by atoms with Crippen molar-refractivity contribution in [2.45, 2.75) is 19.4 Å². The number of carbonyl (C=O) groups excluding carboxylic acids is 1. The third-order valence-corrected chi connectivity index (χ3v) is 3.92. The van der Waals surface area contributed by atoms with E-state index in [1.165, 1.54) is 10.4 Å². The maximum absolute atomic E-state index is 11.7. The summed E-state index contributed by atoms with van der Waals surface area (Å²) >= 11 is 1.74. The maximum atomic E-state index is 11.7. The van der Waals surface area contributed by atoms with Crippen LogP contribution in [-0.4, -0.2) is 38.3 Å². The minimum atomic E-state index is -0.326. The van der Waals surface area contributed by atoms with Crippen molar-refractivity contribution in [1.29, 1.82) is 0 Å². The lowest BCUT2D eigenvalue weighted by Gasteiger charge is -2.22. The first-order chi connectivity index (χ1) is 8.27. The van der Waals surface area contributed by atoms with E-state index in [1.54, 1.807) is 11.3 Å². The lowest BCUT2D eigenvalue weighted by Crippen LogP contribution is -2.48. The number of hydrogen-bond acceptors (Lipinski definition) is 4. The summed E-state index contributed by atoms with van der Waals surface area (Å²) in [5.74, 6) is -0.00795. The summed E-state index contributed by atoms with van der Waals surface area (Å²) in [5.41, 5.74) is 1.31. The monoisotopic (exact) mass is 254 g/mol. The Balaban J connectivity index is 1.71. The summed E-state index contributed by atoms with van der Waals surface area (Å²) in [6.07, 6.45) is 0.572. The van der Waals surface area contributed by atoms with Gasteiger partial charge >= 0.3 is 0 Å². The van der Waals surface area contributed by atoms with Crippen molar-refractivity contribution in [2.24, 2.45) is 0 Å². The van der Waals surface area contributed by atoms with Gasteiger partial charge in [-0.3, -0.25) is 4.79 Å². The molecule has 1 amide bonds. The standard InChI is InChI=1S/C12H18N2O2S/c1-9-3-7-17-11(9)2-4-14-12(15)10-8-13-5-6-16-10/h3,7,10,13H,2,4-6,8H2,1H3,(H,14,15)/t10-/m1/s1. The van der Waals surface area contributed by atoms with Crippen LogP contribution in [0.4, 0.5) is 0 Å². The molecule has 5 heteroatoms. The van der Waals surface area contributed by atoms with Gasteiger partial charge in [0.2, 0.25) is 5.91 Å². The molecule has 1 fully saturated rings. The average molecular weight is 254 g/mol. The van der Waals surface area contributed by atoms with E-state index < -0.39 is 0 Å². The first-order valence-electron chi connectivity index (χ1n) is 5.90. The Hall–Kier alpha value is -0.910. The zero-order valence-corrected chi connectivity index (χ0v) is 10.8. The highest BCUT2D eigenvalue weighted by atomic mass is 32.1. The molecule has 1 aromatic rings. The van der Waals surface area contributed by atoms with Crippen LogP contribution in [0.15, 0.2) is 11.4 Å². The Labute approximate surface area is 105 Å². The van der Waals surface area contributed by atoms with Crippen LogP contribution in [0.2, 0.25) is 0 Å². The van der Waals surface area contributed by atoms with Crippen LogP contribution in [0.1, 0.15) is 10.4 Å². The Morgan fingerprint density at radius 2 is 2.59 bits per heavy atom. The predicted octanol–water partition coefficient (Wildman–Crippen LogP) is 0.704. The van der Waals surface area contributed by atoms with Crippen LogP contribution >= 0.6 is 11.3 Å². The number of amides is 1. The molecule has 0 spiro atoms. The topological polar surface area (TPSA) is 50.4 Å². The summed E-state index contributed by atoms with van der Waals surface area (Å²) in [4.78, 5) is 13.1. The summed E-state index contributed by atoms with van der Waals surface area (Å²) in [7, 11) is 0. The predicted molar refractivity (Wildman–Crippen MR) is 68.4 cm³/mol. The van der Waals surface area contributed by atoms with E-state index in [1.807, 2.05) is 0 Å². The van der Waals surface area contributed by atoms with Crippen molar-refractivity contribution in [3.8, 4) is 0 Å². The Bertz CT molecular complexity index is 372. The van der Waals surface area contributed by atoms with Gasteiger partial charge < -0.3 is 15.4 Å². The van der Waals surface area contributed by atoms with Crippen LogP contribution < -0.4 is 10.6 Å². The quantitative estimate of drug-likeness (QED) is 0.832. The van der Waals surface area contributed by atoms with Crippen molar-refractivity contribution in [3.63, 3.8) is 0 Å². The second-order valence-electron chi connectivity index (χ2n) is 4.13. The number of ether oxygens (including phenoxy) is 1. The Kier molecular flexibility index (Phi) is 4.53. The summed E-state index contributed by atoms with van der Waals surface area (Å²) in [6.45, 7) is 4.84. The van der Waals surface area contributed by atoms with Crippen molar-refractivity contribution in [1.82, 2.24) is 10.6 Å². The number of carbonyl (C=O) groups is 1. The minimum absolute atomic E-state index is 0.00795. The first kappa shape index (κ1) is 12.5. The lowest BCUT2D eigenvalue weighted by molar-refractivity contribution is -0.134. The molecule has 17 heavy (non-hydrogen) atoms. The van der Waals surface area contributed by atoms with Crippen molar-refractivity contribution in [3.05, 3.63) is 21.9 Å². The number of morpholine rings is 1. The molecule has 0 saturated carbocycles. The molecular weight excluding hydrogens is 236 g/mol. The van der Waals surface area contributed by atoms with Gasteiger partial charge in [-0.05, 0) is 30.4 Å². The molecule has 2 rings (SSSR count). The molecule has 2 heterocycles. The molecule has 1 atom stereocenters. The van der Waals surface area contributed by atoms with Gasteiger partial charge in [0, 0.05) is 24.5 Å². The second-order valence-corrected chi connectivity index (χ2v) is 5.13. The molecule has 0 aliphatic carbocycles. The van der Waals surface area contributed by atoms with Gasteiger partial charge in [-0.1, -0.05) is 0 Å². The largest absolute Gasteiger partial charge is 0.366 e. The van der Waals surface area contributed by atoms with Gasteiger partial charge in [-0.2, -0.15) is 0 Å². The van der Waals surface area contributed by atoms with Crippen LogP contribution in [-0.2, 0) is 16.0 Å². The molecule has 0 bridgehead atoms. The van der Waals surface area contributed by atoms with E-state index in [9.17, 15) is 4.79 Å². The highest BCUT2D eigenvalue weighted by molar-refractivity contribution is 7.10. The highest BCUT2D eigenvalue weighted by Crippen LogP contribution is 2.15. The summed E-state index contributed by atoms with van der Waals surface area (Å²) in [5, 5.41) is 8.15. The first-order valence-corrected chi connectivity index (χ1v) is 6.78. The molecule has 1 saturated heterocycles.